The number of halogens is 5. The van der Waals surface area contributed by atoms with Gasteiger partial charge in [-0.1, -0.05) is 47.1 Å². The number of amides is 3. The topological polar surface area (TPSA) is 76.7 Å². The van der Waals surface area contributed by atoms with E-state index in [1.165, 1.54) is 4.90 Å². The molecule has 1 aliphatic carbocycles. The number of nitrogens with zero attached hydrogens (tertiary/aromatic N) is 3. The Labute approximate surface area is 259 Å². The number of alkyl halides is 3. The molecule has 13 heteroatoms. The number of hydrogen-bond donors (Lipinski definition) is 1. The molecule has 1 aromatic heterocycles. The van der Waals surface area contributed by atoms with E-state index in [1.807, 2.05) is 24.0 Å². The molecule has 3 aliphatic rings. The number of aromatic amines is 1. The highest BCUT2D eigenvalue weighted by atomic mass is 35.5. The lowest BCUT2D eigenvalue weighted by Gasteiger charge is -2.36. The molecular formula is C29H25Cl3F2N4O3S. The van der Waals surface area contributed by atoms with E-state index in [0.29, 0.717) is 17.5 Å². The monoisotopic (exact) mass is 652 g/mol. The van der Waals surface area contributed by atoms with E-state index in [0.717, 1.165) is 66.0 Å². The average Bonchev–Trinajstić information content (AvgIpc) is 3.68. The molecule has 6 rings (SSSR count). The van der Waals surface area contributed by atoms with E-state index < -0.39 is 22.5 Å². The minimum Gasteiger partial charge on any atom is -0.330 e. The summed E-state index contributed by atoms with van der Waals surface area (Å²) in [5.74, 6) is -0.643. The minimum atomic E-state index is -3.88. The maximum absolute atomic E-state index is 14.1. The van der Waals surface area contributed by atoms with Crippen molar-refractivity contribution in [2.75, 3.05) is 18.0 Å². The van der Waals surface area contributed by atoms with Crippen LogP contribution in [0.3, 0.4) is 0 Å². The van der Waals surface area contributed by atoms with Crippen LogP contribution in [0, 0.1) is 6.92 Å². The third-order valence-electron chi connectivity index (χ3n) is 7.71. The van der Waals surface area contributed by atoms with E-state index in [2.05, 4.69) is 4.98 Å². The first-order valence-electron chi connectivity index (χ1n) is 13.4. The zero-order chi connectivity index (χ0) is 29.9. The van der Waals surface area contributed by atoms with E-state index in [9.17, 15) is 23.2 Å². The Balaban J connectivity index is 1.32. The maximum Gasteiger partial charge on any atom is 0.362 e. The fourth-order valence-electron chi connectivity index (χ4n) is 5.51. The lowest BCUT2D eigenvalue weighted by molar-refractivity contribution is 0.0740. The van der Waals surface area contributed by atoms with Crippen LogP contribution in [0.4, 0.5) is 19.3 Å². The number of hydrogen-bond acceptors (Lipinski definition) is 4. The van der Waals surface area contributed by atoms with E-state index in [1.54, 1.807) is 23.1 Å². The zero-order valence-corrected chi connectivity index (χ0v) is 25.4. The SMILES string of the molecule is Cc1cc2c(cc1N1CCCN(C3CC3)C1=O)CN(C(=O)c1c(Sc3c(Cl)cccc3Cl)cc(C(F)(F)Cl)[nH]c1=O)C2. The van der Waals surface area contributed by atoms with Crippen LogP contribution in [0.1, 0.15) is 52.0 Å². The van der Waals surface area contributed by atoms with Crippen LogP contribution in [0.15, 0.2) is 51.0 Å². The number of urea groups is 1. The first kappa shape index (κ1) is 29.3. The number of anilines is 1. The predicted octanol–water partition coefficient (Wildman–Crippen LogP) is 7.38. The Bertz CT molecular complexity index is 1650. The van der Waals surface area contributed by atoms with Crippen LogP contribution in [-0.2, 0) is 18.5 Å². The highest BCUT2D eigenvalue weighted by Gasteiger charge is 2.39. The number of fused-ring (bicyclic) bond motifs is 1. The second-order valence-corrected chi connectivity index (χ2v) is 13.0. The maximum atomic E-state index is 14.1. The first-order valence-corrected chi connectivity index (χ1v) is 15.3. The molecule has 0 spiro atoms. The molecule has 2 fully saturated rings. The molecule has 2 aliphatic heterocycles. The zero-order valence-electron chi connectivity index (χ0n) is 22.4. The molecule has 1 N–H and O–H groups in total. The standard InChI is InChI=1S/C29H25Cl3F2N4O3S/c1-15-10-16-13-36(14-17(16)11-21(15)38-9-3-8-37(28(38)41)18-6-7-18)27(40)24-22(12-23(29(32,33)34)35-26(24)39)42-25-19(30)4-2-5-20(25)31/h2,4-5,10-12,18H,3,6-9,13-14H2,1H3,(H,35,39). The van der Waals surface area contributed by atoms with Gasteiger partial charge in [0.25, 0.3) is 11.5 Å². The Kier molecular flexibility index (Phi) is 7.70. The van der Waals surface area contributed by atoms with Crippen molar-refractivity contribution in [2.45, 2.75) is 60.5 Å². The van der Waals surface area contributed by atoms with Crippen molar-refractivity contribution in [2.24, 2.45) is 0 Å². The van der Waals surface area contributed by atoms with Gasteiger partial charge < -0.3 is 14.8 Å². The van der Waals surface area contributed by atoms with Crippen LogP contribution in [0.5, 0.6) is 0 Å². The third-order valence-corrected chi connectivity index (χ3v) is 9.95. The number of rotatable bonds is 6. The quantitative estimate of drug-likeness (QED) is 0.282. The number of nitrogens with one attached hydrogen (secondary N) is 1. The number of pyridine rings is 1. The van der Waals surface area contributed by atoms with Crippen molar-refractivity contribution in [1.29, 1.82) is 0 Å². The summed E-state index contributed by atoms with van der Waals surface area (Å²) < 4.78 is 28.1. The summed E-state index contributed by atoms with van der Waals surface area (Å²) in [6.45, 7) is 3.69. The summed E-state index contributed by atoms with van der Waals surface area (Å²) in [6, 6.07) is 9.94. The molecule has 1 saturated carbocycles. The van der Waals surface area contributed by atoms with Crippen molar-refractivity contribution < 1.29 is 18.4 Å². The van der Waals surface area contributed by atoms with Gasteiger partial charge >= 0.3 is 11.4 Å². The van der Waals surface area contributed by atoms with Gasteiger partial charge in [0.15, 0.2) is 0 Å². The molecule has 0 atom stereocenters. The van der Waals surface area contributed by atoms with E-state index in [4.69, 9.17) is 34.8 Å². The second kappa shape index (κ2) is 11.0. The lowest BCUT2D eigenvalue weighted by atomic mass is 10.0. The number of aryl methyl sites for hydroxylation is 1. The number of H-pyrrole nitrogens is 1. The van der Waals surface area contributed by atoms with Gasteiger partial charge in [-0.15, -0.1) is 0 Å². The number of benzene rings is 2. The summed E-state index contributed by atoms with van der Waals surface area (Å²) in [4.78, 5) is 47.8. The Hall–Kier alpha value is -2.79. The Morgan fingerprint density at radius 1 is 1.05 bits per heavy atom. The number of aromatic nitrogens is 1. The smallest absolute Gasteiger partial charge is 0.330 e. The second-order valence-electron chi connectivity index (χ2n) is 10.7. The summed E-state index contributed by atoms with van der Waals surface area (Å²) in [6.07, 6.45) is 2.94. The van der Waals surface area contributed by atoms with Crippen molar-refractivity contribution in [3.63, 3.8) is 0 Å². The molecule has 3 aromatic rings. The molecule has 3 amide bonds. The van der Waals surface area contributed by atoms with Gasteiger partial charge in [0.05, 0.1) is 10.0 Å². The van der Waals surface area contributed by atoms with E-state index in [-0.39, 0.29) is 39.6 Å². The normalized spacial score (nSPS) is 17.2. The van der Waals surface area contributed by atoms with E-state index >= 15 is 0 Å². The molecule has 7 nitrogen and oxygen atoms in total. The fraction of sp³-hybridized carbons (Fsp3) is 0.345. The van der Waals surface area contributed by atoms with Gasteiger partial charge in [-0.25, -0.2) is 4.79 Å². The number of carbonyl (C=O) groups is 2. The summed E-state index contributed by atoms with van der Waals surface area (Å²) >= 11 is 18.7. The van der Waals surface area contributed by atoms with Crippen LogP contribution >= 0.6 is 46.6 Å². The van der Waals surface area contributed by atoms with Gasteiger partial charge in [0, 0.05) is 47.7 Å². The van der Waals surface area contributed by atoms with Crippen molar-refractivity contribution >= 4 is 64.2 Å². The lowest BCUT2D eigenvalue weighted by Crippen LogP contribution is -2.50. The molecule has 2 aromatic carbocycles. The molecule has 3 heterocycles. The van der Waals surface area contributed by atoms with Crippen molar-refractivity contribution in [3.8, 4) is 0 Å². The summed E-state index contributed by atoms with van der Waals surface area (Å²) in [5, 5.41) is -3.41. The molecule has 1 saturated heterocycles. The Morgan fingerprint density at radius 2 is 1.71 bits per heavy atom. The summed E-state index contributed by atoms with van der Waals surface area (Å²) in [5.41, 5.74) is 1.26. The van der Waals surface area contributed by atoms with Crippen LogP contribution in [0.25, 0.3) is 0 Å². The minimum absolute atomic E-state index is 0.000321. The third kappa shape index (κ3) is 5.50. The largest absolute Gasteiger partial charge is 0.362 e. The highest BCUT2D eigenvalue weighted by Crippen LogP contribution is 2.42. The predicted molar refractivity (Wildman–Crippen MR) is 159 cm³/mol. The van der Waals surface area contributed by atoms with Crippen molar-refractivity contribution in [3.05, 3.63) is 84.7 Å². The Morgan fingerprint density at radius 3 is 2.36 bits per heavy atom. The van der Waals surface area contributed by atoms with Crippen LogP contribution in [0.2, 0.25) is 10.0 Å². The summed E-state index contributed by atoms with van der Waals surface area (Å²) in [7, 11) is 0. The van der Waals surface area contributed by atoms with Gasteiger partial charge in [0.1, 0.15) is 11.3 Å². The van der Waals surface area contributed by atoms with Crippen LogP contribution in [-0.4, -0.2) is 45.9 Å². The molecule has 220 valence electrons. The molecular weight excluding hydrogens is 629 g/mol. The van der Waals surface area contributed by atoms with Gasteiger partial charge in [-0.3, -0.25) is 14.5 Å². The first-order chi connectivity index (χ1) is 19.9. The number of carbonyl (C=O) groups excluding carboxylic acids is 2. The van der Waals surface area contributed by atoms with Gasteiger partial charge in [-0.05, 0) is 78.7 Å². The molecule has 0 unspecified atom stereocenters. The molecule has 0 radical (unpaired) electrons. The highest BCUT2D eigenvalue weighted by molar-refractivity contribution is 7.99. The molecule has 42 heavy (non-hydrogen) atoms. The van der Waals surface area contributed by atoms with Crippen LogP contribution < -0.4 is 10.5 Å². The van der Waals surface area contributed by atoms with Crippen molar-refractivity contribution in [1.82, 2.24) is 14.8 Å². The fourth-order valence-corrected chi connectivity index (χ4v) is 7.25. The van der Waals surface area contributed by atoms with Gasteiger partial charge in [-0.2, -0.15) is 8.78 Å². The molecule has 0 bridgehead atoms. The van der Waals surface area contributed by atoms with Gasteiger partial charge in [0.2, 0.25) is 0 Å². The average molecular weight is 654 g/mol.